The number of aromatic nitrogens is 2. The summed E-state index contributed by atoms with van der Waals surface area (Å²) in [7, 11) is 0. The number of hydrogen-bond acceptors (Lipinski definition) is 9. The Kier molecular flexibility index (Phi) is 10.3. The van der Waals surface area contributed by atoms with Crippen molar-refractivity contribution in [3.05, 3.63) is 54.4 Å². The molecule has 2 aromatic carbocycles. The molecule has 0 unspecified atom stereocenters. The number of amides is 1. The van der Waals surface area contributed by atoms with Crippen LogP contribution in [0.15, 0.2) is 57.9 Å². The van der Waals surface area contributed by atoms with E-state index in [9.17, 15) is 4.79 Å². The van der Waals surface area contributed by atoms with Gasteiger partial charge >= 0.3 is 12.1 Å². The molecule has 9 nitrogen and oxygen atoms in total. The van der Waals surface area contributed by atoms with Crippen LogP contribution < -0.4 is 19.7 Å². The van der Waals surface area contributed by atoms with Crippen LogP contribution in [0, 0.1) is 5.92 Å². The summed E-state index contributed by atoms with van der Waals surface area (Å²) < 4.78 is 20.1. The second kappa shape index (κ2) is 13.9. The Morgan fingerprint density at radius 2 is 1.70 bits per heavy atom. The van der Waals surface area contributed by atoms with Gasteiger partial charge in [-0.3, -0.25) is 4.72 Å². The number of hydrogen-bond donors (Lipinski definition) is 2. The van der Waals surface area contributed by atoms with Gasteiger partial charge < -0.3 is 24.2 Å². The first-order valence-corrected chi connectivity index (χ1v) is 14.8. The lowest BCUT2D eigenvalue weighted by Gasteiger charge is -2.30. The van der Waals surface area contributed by atoms with Crippen molar-refractivity contribution in [1.29, 1.82) is 0 Å². The minimum atomic E-state index is -0.490. The number of benzene rings is 2. The highest BCUT2D eigenvalue weighted by Crippen LogP contribution is 2.27. The molecule has 10 heteroatoms. The van der Waals surface area contributed by atoms with Crippen molar-refractivity contribution in [2.45, 2.75) is 63.9 Å². The molecule has 0 aliphatic carbocycles. The molecule has 0 radical (unpaired) electrons. The topological polar surface area (TPSA) is 102 Å². The van der Waals surface area contributed by atoms with Gasteiger partial charge in [-0.15, -0.1) is 0 Å². The van der Waals surface area contributed by atoms with Crippen molar-refractivity contribution in [2.75, 3.05) is 37.7 Å². The van der Waals surface area contributed by atoms with Gasteiger partial charge in [-0.05, 0) is 86.9 Å². The molecule has 216 valence electrons. The van der Waals surface area contributed by atoms with E-state index >= 15 is 0 Å². The average molecular weight is 568 g/mol. The zero-order valence-corrected chi connectivity index (χ0v) is 24.9. The summed E-state index contributed by atoms with van der Waals surface area (Å²) in [6.45, 7) is 13.3. The van der Waals surface area contributed by atoms with Gasteiger partial charge in [-0.25, -0.2) is 4.79 Å². The third kappa shape index (κ3) is 9.16. The fraction of sp³-hybridized carbons (Fsp3) is 0.500. The Hall–Kier alpha value is -3.24. The van der Waals surface area contributed by atoms with E-state index in [2.05, 4.69) is 75.3 Å². The second-order valence-corrected chi connectivity index (χ2v) is 12.3. The molecule has 3 aromatic rings. The standard InChI is InChI=1S/C30H41N5O4S/c1-21(2)27-33-28(39-34-27)35-18-14-22(15-19-35)20-37-25-10-6-23(7-11-25)24-8-12-26(13-9-24)40-32-17-16-31-29(36)38-30(3,4)5/h6-13,21-22,32H,14-20H2,1-5H3,(H,31,36). The number of piperidine rings is 1. The van der Waals surface area contributed by atoms with Crippen molar-refractivity contribution in [1.82, 2.24) is 20.2 Å². The molecular formula is C30H41N5O4S. The summed E-state index contributed by atoms with van der Waals surface area (Å²) in [5.74, 6) is 2.43. The Bertz CT molecular complexity index is 1200. The van der Waals surface area contributed by atoms with E-state index < -0.39 is 11.7 Å². The van der Waals surface area contributed by atoms with Crippen LogP contribution in [0.2, 0.25) is 0 Å². The summed E-state index contributed by atoms with van der Waals surface area (Å²) in [6, 6.07) is 17.3. The first kappa shape index (κ1) is 29.7. The van der Waals surface area contributed by atoms with Crippen molar-refractivity contribution in [3.8, 4) is 16.9 Å². The predicted octanol–water partition coefficient (Wildman–Crippen LogP) is 6.28. The van der Waals surface area contributed by atoms with Gasteiger partial charge in [0.1, 0.15) is 11.4 Å². The summed E-state index contributed by atoms with van der Waals surface area (Å²) in [5, 5.41) is 6.82. The molecule has 2 heterocycles. The summed E-state index contributed by atoms with van der Waals surface area (Å²) in [4.78, 5) is 19.5. The van der Waals surface area contributed by atoms with Crippen molar-refractivity contribution in [3.63, 3.8) is 0 Å². The predicted molar refractivity (Wildman–Crippen MR) is 159 cm³/mol. The van der Waals surface area contributed by atoms with E-state index in [-0.39, 0.29) is 5.92 Å². The number of nitrogens with zero attached hydrogens (tertiary/aromatic N) is 3. The largest absolute Gasteiger partial charge is 0.493 e. The first-order chi connectivity index (χ1) is 19.2. The normalized spacial score (nSPS) is 14.4. The smallest absolute Gasteiger partial charge is 0.407 e. The number of nitrogens with one attached hydrogen (secondary N) is 2. The highest BCUT2D eigenvalue weighted by Gasteiger charge is 2.24. The minimum Gasteiger partial charge on any atom is -0.493 e. The van der Waals surface area contributed by atoms with Crippen LogP contribution in [0.3, 0.4) is 0 Å². The zero-order chi connectivity index (χ0) is 28.5. The van der Waals surface area contributed by atoms with E-state index in [1.807, 2.05) is 32.9 Å². The zero-order valence-electron chi connectivity index (χ0n) is 24.1. The van der Waals surface area contributed by atoms with Gasteiger partial charge in [-0.1, -0.05) is 43.3 Å². The monoisotopic (exact) mass is 567 g/mol. The molecule has 1 fully saturated rings. The van der Waals surface area contributed by atoms with Gasteiger partial charge in [0.2, 0.25) is 0 Å². The van der Waals surface area contributed by atoms with Crippen LogP contribution in [0.4, 0.5) is 10.8 Å². The molecule has 0 atom stereocenters. The highest BCUT2D eigenvalue weighted by atomic mass is 32.2. The average Bonchev–Trinajstić information content (AvgIpc) is 3.43. The SMILES string of the molecule is CC(C)c1noc(N2CCC(COc3ccc(-c4ccc(SNCCNC(=O)OC(C)(C)C)cc4)cc3)CC2)n1. The van der Waals surface area contributed by atoms with Crippen LogP contribution in [0.1, 0.15) is 59.2 Å². The summed E-state index contributed by atoms with van der Waals surface area (Å²) >= 11 is 1.54. The van der Waals surface area contributed by atoms with E-state index in [4.69, 9.17) is 14.0 Å². The summed E-state index contributed by atoms with van der Waals surface area (Å²) in [5.41, 5.74) is 1.80. The van der Waals surface area contributed by atoms with E-state index in [0.717, 1.165) is 53.5 Å². The fourth-order valence-electron chi connectivity index (χ4n) is 4.22. The Morgan fingerprint density at radius 1 is 1.05 bits per heavy atom. The molecule has 4 rings (SSSR count). The number of rotatable bonds is 11. The maximum Gasteiger partial charge on any atom is 0.407 e. The molecule has 1 aromatic heterocycles. The molecule has 0 spiro atoms. The van der Waals surface area contributed by atoms with Crippen LogP contribution >= 0.6 is 11.9 Å². The summed E-state index contributed by atoms with van der Waals surface area (Å²) in [6.07, 6.45) is 1.68. The fourth-order valence-corrected chi connectivity index (χ4v) is 4.86. The molecule has 1 amide bonds. The molecule has 2 N–H and O–H groups in total. The van der Waals surface area contributed by atoms with Gasteiger partial charge in [0, 0.05) is 37.0 Å². The molecular weight excluding hydrogens is 526 g/mol. The van der Waals surface area contributed by atoms with E-state index in [1.54, 1.807) is 0 Å². The molecule has 1 aliphatic heterocycles. The van der Waals surface area contributed by atoms with Gasteiger partial charge in [0.15, 0.2) is 5.82 Å². The number of alkyl carbamates (subject to hydrolysis) is 1. The first-order valence-electron chi connectivity index (χ1n) is 13.9. The van der Waals surface area contributed by atoms with Crippen LogP contribution in [-0.4, -0.2) is 54.6 Å². The number of carbonyl (C=O) groups is 1. The van der Waals surface area contributed by atoms with Gasteiger partial charge in [0.25, 0.3) is 0 Å². The maximum absolute atomic E-state index is 11.7. The second-order valence-electron chi connectivity index (χ2n) is 11.3. The number of anilines is 1. The number of ether oxygens (including phenoxy) is 2. The Labute approximate surface area is 241 Å². The quantitative estimate of drug-likeness (QED) is 0.205. The van der Waals surface area contributed by atoms with Crippen molar-refractivity contribution >= 4 is 24.1 Å². The third-order valence-corrected chi connectivity index (χ3v) is 7.30. The van der Waals surface area contributed by atoms with Crippen LogP contribution in [0.5, 0.6) is 5.75 Å². The molecule has 0 saturated carbocycles. The highest BCUT2D eigenvalue weighted by molar-refractivity contribution is 7.97. The minimum absolute atomic E-state index is 0.267. The maximum atomic E-state index is 11.7. The molecule has 1 saturated heterocycles. The third-order valence-electron chi connectivity index (χ3n) is 6.45. The lowest BCUT2D eigenvalue weighted by atomic mass is 9.98. The van der Waals surface area contributed by atoms with Crippen LogP contribution in [-0.2, 0) is 4.74 Å². The van der Waals surface area contributed by atoms with Crippen molar-refractivity contribution in [2.24, 2.45) is 5.92 Å². The van der Waals surface area contributed by atoms with Crippen LogP contribution in [0.25, 0.3) is 11.1 Å². The van der Waals surface area contributed by atoms with E-state index in [1.165, 1.54) is 11.9 Å². The van der Waals surface area contributed by atoms with Gasteiger partial charge in [0.05, 0.1) is 6.61 Å². The lowest BCUT2D eigenvalue weighted by Crippen LogP contribution is -2.35. The Balaban J connectivity index is 1.15. The lowest BCUT2D eigenvalue weighted by molar-refractivity contribution is 0.0529. The molecule has 1 aliphatic rings. The number of carbonyl (C=O) groups excluding carboxylic acids is 1. The molecule has 0 bridgehead atoms. The Morgan fingerprint density at radius 3 is 2.30 bits per heavy atom. The van der Waals surface area contributed by atoms with Gasteiger partial charge in [-0.2, -0.15) is 4.98 Å². The molecule has 40 heavy (non-hydrogen) atoms. The van der Waals surface area contributed by atoms with Crippen molar-refractivity contribution < 1.29 is 18.8 Å². The van der Waals surface area contributed by atoms with E-state index in [0.29, 0.717) is 31.6 Å².